The van der Waals surface area contributed by atoms with Crippen molar-refractivity contribution in [2.75, 3.05) is 6.79 Å². The molecule has 21 heavy (non-hydrogen) atoms. The van der Waals surface area contributed by atoms with Gasteiger partial charge in [0.2, 0.25) is 6.79 Å². The number of carbonyl (C=O) groups excluding carboxylic acids is 1. The third kappa shape index (κ3) is 2.27. The SMILES string of the molecule is CCC1(C(=O)C(C#N)c2ccc3c(c2)OCO3)CCCC1. The van der Waals surface area contributed by atoms with Gasteiger partial charge in [0.25, 0.3) is 0 Å². The van der Waals surface area contributed by atoms with Crippen LogP contribution in [0.1, 0.15) is 50.5 Å². The molecule has 1 saturated carbocycles. The van der Waals surface area contributed by atoms with Gasteiger partial charge in [-0.1, -0.05) is 25.8 Å². The van der Waals surface area contributed by atoms with Crippen molar-refractivity contribution in [2.45, 2.75) is 44.9 Å². The van der Waals surface area contributed by atoms with Crippen LogP contribution in [0.5, 0.6) is 11.5 Å². The van der Waals surface area contributed by atoms with Crippen LogP contribution in [-0.2, 0) is 4.79 Å². The van der Waals surface area contributed by atoms with Gasteiger partial charge in [-0.15, -0.1) is 0 Å². The largest absolute Gasteiger partial charge is 0.454 e. The predicted octanol–water partition coefficient (Wildman–Crippen LogP) is 3.56. The van der Waals surface area contributed by atoms with Crippen LogP contribution in [0.15, 0.2) is 18.2 Å². The molecule has 1 unspecified atom stereocenters. The molecular formula is C17H19NO3. The number of rotatable bonds is 4. The Morgan fingerprint density at radius 3 is 2.71 bits per heavy atom. The third-order valence-corrected chi connectivity index (χ3v) is 4.88. The molecule has 1 aliphatic heterocycles. The molecule has 0 amide bonds. The average molecular weight is 285 g/mol. The Morgan fingerprint density at radius 2 is 2.05 bits per heavy atom. The van der Waals surface area contributed by atoms with E-state index in [0.717, 1.165) is 32.1 Å². The van der Waals surface area contributed by atoms with Crippen LogP contribution in [0, 0.1) is 16.7 Å². The summed E-state index contributed by atoms with van der Waals surface area (Å²) in [6, 6.07) is 7.55. The number of benzene rings is 1. The van der Waals surface area contributed by atoms with Crippen molar-refractivity contribution in [2.24, 2.45) is 5.41 Å². The molecule has 2 aliphatic rings. The Hall–Kier alpha value is -2.02. The van der Waals surface area contributed by atoms with E-state index in [-0.39, 0.29) is 18.0 Å². The first-order valence-corrected chi connectivity index (χ1v) is 7.54. The monoisotopic (exact) mass is 285 g/mol. The van der Waals surface area contributed by atoms with Crippen molar-refractivity contribution in [1.29, 1.82) is 5.26 Å². The molecule has 0 spiro atoms. The van der Waals surface area contributed by atoms with E-state index >= 15 is 0 Å². The molecule has 110 valence electrons. The smallest absolute Gasteiger partial charge is 0.231 e. The summed E-state index contributed by atoms with van der Waals surface area (Å²) in [6.45, 7) is 2.25. The zero-order chi connectivity index (χ0) is 14.9. The topological polar surface area (TPSA) is 59.3 Å². The highest BCUT2D eigenvalue weighted by Crippen LogP contribution is 2.45. The first-order valence-electron chi connectivity index (χ1n) is 7.54. The van der Waals surface area contributed by atoms with Gasteiger partial charge in [-0.2, -0.15) is 5.26 Å². The van der Waals surface area contributed by atoms with E-state index in [0.29, 0.717) is 17.1 Å². The standard InChI is InChI=1S/C17H19NO3/c1-2-17(7-3-4-8-17)16(19)13(10-18)12-5-6-14-15(9-12)21-11-20-14/h5-6,9,13H,2-4,7-8,11H2,1H3. The molecule has 1 heterocycles. The van der Waals surface area contributed by atoms with E-state index in [2.05, 4.69) is 13.0 Å². The second kappa shape index (κ2) is 5.40. The van der Waals surface area contributed by atoms with Crippen LogP contribution in [0.4, 0.5) is 0 Å². The number of nitriles is 1. The zero-order valence-corrected chi connectivity index (χ0v) is 12.2. The molecule has 1 fully saturated rings. The fraction of sp³-hybridized carbons (Fsp3) is 0.529. The number of hydrogen-bond donors (Lipinski definition) is 0. The highest BCUT2D eigenvalue weighted by atomic mass is 16.7. The van der Waals surface area contributed by atoms with Crippen LogP contribution in [0.2, 0.25) is 0 Å². The molecule has 1 aromatic rings. The molecule has 4 nitrogen and oxygen atoms in total. The molecule has 4 heteroatoms. The maximum atomic E-state index is 12.9. The van der Waals surface area contributed by atoms with E-state index in [1.807, 2.05) is 0 Å². The fourth-order valence-corrected chi connectivity index (χ4v) is 3.51. The Morgan fingerprint density at radius 1 is 1.33 bits per heavy atom. The summed E-state index contributed by atoms with van der Waals surface area (Å²) >= 11 is 0. The molecule has 0 N–H and O–H groups in total. The normalized spacial score (nSPS) is 20.0. The number of ether oxygens (including phenoxy) is 2. The molecular weight excluding hydrogens is 266 g/mol. The lowest BCUT2D eigenvalue weighted by Crippen LogP contribution is -2.31. The van der Waals surface area contributed by atoms with Gasteiger partial charge in [-0.05, 0) is 37.0 Å². The number of nitrogens with zero attached hydrogens (tertiary/aromatic N) is 1. The fourth-order valence-electron chi connectivity index (χ4n) is 3.51. The molecule has 0 aromatic heterocycles. The molecule has 3 rings (SSSR count). The lowest BCUT2D eigenvalue weighted by Gasteiger charge is -2.28. The first kappa shape index (κ1) is 13.9. The summed E-state index contributed by atoms with van der Waals surface area (Å²) < 4.78 is 10.6. The van der Waals surface area contributed by atoms with E-state index in [4.69, 9.17) is 9.47 Å². The van der Waals surface area contributed by atoms with Crippen molar-refractivity contribution in [1.82, 2.24) is 0 Å². The van der Waals surface area contributed by atoms with Gasteiger partial charge in [0.15, 0.2) is 17.3 Å². The number of ketones is 1. The van der Waals surface area contributed by atoms with Crippen molar-refractivity contribution < 1.29 is 14.3 Å². The van der Waals surface area contributed by atoms with Gasteiger partial charge in [0, 0.05) is 5.41 Å². The summed E-state index contributed by atoms with van der Waals surface area (Å²) in [5.41, 5.74) is 0.406. The molecule has 1 atom stereocenters. The zero-order valence-electron chi connectivity index (χ0n) is 12.2. The first-order chi connectivity index (χ1) is 10.2. The van der Waals surface area contributed by atoms with Crippen LogP contribution in [0.3, 0.4) is 0 Å². The van der Waals surface area contributed by atoms with Gasteiger partial charge in [0.1, 0.15) is 5.92 Å². The van der Waals surface area contributed by atoms with Gasteiger partial charge in [-0.25, -0.2) is 0 Å². The van der Waals surface area contributed by atoms with Crippen LogP contribution in [-0.4, -0.2) is 12.6 Å². The Kier molecular flexibility index (Phi) is 3.59. The van der Waals surface area contributed by atoms with E-state index in [9.17, 15) is 10.1 Å². The minimum Gasteiger partial charge on any atom is -0.454 e. The summed E-state index contributed by atoms with van der Waals surface area (Å²) in [5, 5.41) is 9.53. The molecule has 0 bridgehead atoms. The predicted molar refractivity (Wildman–Crippen MR) is 77.1 cm³/mol. The summed E-state index contributed by atoms with van der Waals surface area (Å²) in [7, 11) is 0. The van der Waals surface area contributed by atoms with Gasteiger partial charge in [-0.3, -0.25) is 4.79 Å². The van der Waals surface area contributed by atoms with Crippen LogP contribution >= 0.6 is 0 Å². The second-order valence-electron chi connectivity index (χ2n) is 5.88. The van der Waals surface area contributed by atoms with Crippen LogP contribution < -0.4 is 9.47 Å². The highest BCUT2D eigenvalue weighted by molar-refractivity contribution is 5.93. The van der Waals surface area contributed by atoms with E-state index in [1.54, 1.807) is 18.2 Å². The summed E-state index contributed by atoms with van der Waals surface area (Å²) in [6.07, 6.45) is 4.79. The number of fused-ring (bicyclic) bond motifs is 1. The number of carbonyl (C=O) groups is 1. The molecule has 1 aliphatic carbocycles. The van der Waals surface area contributed by atoms with Crippen molar-refractivity contribution in [3.05, 3.63) is 23.8 Å². The van der Waals surface area contributed by atoms with Crippen molar-refractivity contribution >= 4 is 5.78 Å². The van der Waals surface area contributed by atoms with Gasteiger partial charge < -0.3 is 9.47 Å². The highest BCUT2D eigenvalue weighted by Gasteiger charge is 2.43. The lowest BCUT2D eigenvalue weighted by atomic mass is 9.73. The van der Waals surface area contributed by atoms with Crippen molar-refractivity contribution in [3.63, 3.8) is 0 Å². The Balaban J connectivity index is 1.91. The summed E-state index contributed by atoms with van der Waals surface area (Å²) in [5.74, 6) is 0.660. The second-order valence-corrected chi connectivity index (χ2v) is 5.88. The lowest BCUT2D eigenvalue weighted by molar-refractivity contribution is -0.129. The van der Waals surface area contributed by atoms with E-state index in [1.165, 1.54) is 0 Å². The van der Waals surface area contributed by atoms with Gasteiger partial charge in [0.05, 0.1) is 6.07 Å². The minimum atomic E-state index is -0.711. The third-order valence-electron chi connectivity index (χ3n) is 4.88. The maximum Gasteiger partial charge on any atom is 0.231 e. The number of hydrogen-bond acceptors (Lipinski definition) is 4. The molecule has 1 aromatic carbocycles. The Labute approximate surface area is 124 Å². The quantitative estimate of drug-likeness (QED) is 0.848. The van der Waals surface area contributed by atoms with Crippen molar-refractivity contribution in [3.8, 4) is 17.6 Å². The Bertz CT molecular complexity index is 597. The van der Waals surface area contributed by atoms with Gasteiger partial charge >= 0.3 is 0 Å². The number of Topliss-reactive ketones (excluding diaryl/α,β-unsaturated/α-hetero) is 1. The molecule has 0 radical (unpaired) electrons. The summed E-state index contributed by atoms with van der Waals surface area (Å²) in [4.78, 5) is 12.9. The maximum absolute atomic E-state index is 12.9. The van der Waals surface area contributed by atoms with E-state index < -0.39 is 5.92 Å². The minimum absolute atomic E-state index is 0.0730. The molecule has 0 saturated heterocycles. The average Bonchev–Trinajstić information content (AvgIpc) is 3.17. The van der Waals surface area contributed by atoms with Crippen LogP contribution in [0.25, 0.3) is 0 Å².